The number of carbonyl (C=O) groups is 1. The van der Waals surface area contributed by atoms with Crippen molar-refractivity contribution in [3.8, 4) is 5.75 Å². The van der Waals surface area contributed by atoms with Crippen molar-refractivity contribution in [1.29, 1.82) is 0 Å². The van der Waals surface area contributed by atoms with Gasteiger partial charge in [-0.1, -0.05) is 24.3 Å². The van der Waals surface area contributed by atoms with E-state index in [4.69, 9.17) is 13.9 Å². The van der Waals surface area contributed by atoms with Crippen molar-refractivity contribution in [3.63, 3.8) is 0 Å². The average molecular weight is 292 g/mol. The summed E-state index contributed by atoms with van der Waals surface area (Å²) in [5.41, 5.74) is 0. The molecule has 20 heavy (non-hydrogen) atoms. The summed E-state index contributed by atoms with van der Waals surface area (Å²) in [5, 5.41) is 0. The monoisotopic (exact) mass is 292 g/mol. The van der Waals surface area contributed by atoms with E-state index in [9.17, 15) is 4.79 Å². The van der Waals surface area contributed by atoms with Crippen molar-refractivity contribution in [2.45, 2.75) is 38.3 Å². The predicted molar refractivity (Wildman–Crippen MR) is 79.3 cm³/mol. The maximum absolute atomic E-state index is 11.6. The molecule has 0 saturated heterocycles. The minimum Gasteiger partial charge on any atom is -0.426 e. The van der Waals surface area contributed by atoms with E-state index in [0.717, 1.165) is 0 Å². The van der Waals surface area contributed by atoms with Gasteiger partial charge in [0.2, 0.25) is 0 Å². The highest BCUT2D eigenvalue weighted by molar-refractivity contribution is 6.69. The minimum atomic E-state index is -1.58. The molecule has 1 aliphatic carbocycles. The maximum Gasteiger partial charge on any atom is 0.514 e. The van der Waals surface area contributed by atoms with Crippen molar-refractivity contribution in [1.82, 2.24) is 0 Å². The van der Waals surface area contributed by atoms with Crippen LogP contribution in [0.2, 0.25) is 19.6 Å². The van der Waals surface area contributed by atoms with Crippen LogP contribution >= 0.6 is 0 Å². The first kappa shape index (κ1) is 14.8. The third kappa shape index (κ3) is 4.83. The zero-order valence-electron chi connectivity index (χ0n) is 12.0. The summed E-state index contributed by atoms with van der Waals surface area (Å²) in [6.45, 7) is 6.41. The number of rotatable bonds is 4. The first-order valence-corrected chi connectivity index (χ1v) is 10.1. The topological polar surface area (TPSA) is 44.8 Å². The molecule has 0 spiro atoms. The number of hydrogen-bond acceptors (Lipinski definition) is 4. The Morgan fingerprint density at radius 2 is 1.75 bits per heavy atom. The smallest absolute Gasteiger partial charge is 0.426 e. The van der Waals surface area contributed by atoms with E-state index in [2.05, 4.69) is 19.6 Å². The fourth-order valence-corrected chi connectivity index (χ4v) is 3.08. The number of hydrogen-bond donors (Lipinski definition) is 0. The molecule has 0 amide bonds. The van der Waals surface area contributed by atoms with Crippen molar-refractivity contribution in [2.24, 2.45) is 0 Å². The Morgan fingerprint density at radius 1 is 1.10 bits per heavy atom. The molecular weight excluding hydrogens is 272 g/mol. The molecule has 1 aromatic carbocycles. The molecule has 2 atom stereocenters. The van der Waals surface area contributed by atoms with Crippen LogP contribution in [-0.2, 0) is 9.16 Å². The molecule has 4 nitrogen and oxygen atoms in total. The zero-order chi connectivity index (χ0) is 14.6. The Bertz CT molecular complexity index is 478. The fraction of sp³-hybridized carbons (Fsp3) is 0.400. The highest BCUT2D eigenvalue weighted by atomic mass is 28.4. The van der Waals surface area contributed by atoms with Crippen LogP contribution in [0.25, 0.3) is 0 Å². The van der Waals surface area contributed by atoms with Gasteiger partial charge in [0.25, 0.3) is 0 Å². The van der Waals surface area contributed by atoms with Gasteiger partial charge in [-0.25, -0.2) is 4.79 Å². The summed E-state index contributed by atoms with van der Waals surface area (Å²) in [4.78, 5) is 11.6. The Balaban J connectivity index is 1.78. The summed E-state index contributed by atoms with van der Waals surface area (Å²) >= 11 is 0. The molecule has 0 radical (unpaired) electrons. The van der Waals surface area contributed by atoms with Crippen molar-refractivity contribution < 1.29 is 18.7 Å². The molecule has 1 aliphatic rings. The first-order chi connectivity index (χ1) is 9.42. The van der Waals surface area contributed by atoms with Gasteiger partial charge in [0, 0.05) is 6.42 Å². The van der Waals surface area contributed by atoms with E-state index in [1.807, 2.05) is 18.2 Å². The van der Waals surface area contributed by atoms with Gasteiger partial charge < -0.3 is 13.9 Å². The summed E-state index contributed by atoms with van der Waals surface area (Å²) in [5.74, 6) is 0.481. The Labute approximate surface area is 120 Å². The molecular formula is C15H20O4Si. The van der Waals surface area contributed by atoms with Crippen molar-refractivity contribution in [3.05, 3.63) is 42.5 Å². The quantitative estimate of drug-likeness (QED) is 0.367. The number of ether oxygens (including phenoxy) is 2. The lowest BCUT2D eigenvalue weighted by Gasteiger charge is -2.22. The first-order valence-electron chi connectivity index (χ1n) is 6.72. The van der Waals surface area contributed by atoms with Crippen LogP contribution in [0.1, 0.15) is 6.42 Å². The van der Waals surface area contributed by atoms with Gasteiger partial charge >= 0.3 is 6.16 Å². The van der Waals surface area contributed by atoms with Gasteiger partial charge in [0.1, 0.15) is 11.9 Å². The Kier molecular flexibility index (Phi) is 4.62. The zero-order valence-corrected chi connectivity index (χ0v) is 13.0. The number of para-hydroxylation sites is 1. The second-order valence-corrected chi connectivity index (χ2v) is 10.2. The van der Waals surface area contributed by atoms with Gasteiger partial charge in [-0.2, -0.15) is 0 Å². The molecule has 5 heteroatoms. The standard InChI is InChI=1S/C15H20O4Si/c1-20(2,3)19-14-10-9-13(11-14)18-15(16)17-12-7-5-4-6-8-12/h4-10,13-14H,11H2,1-3H3. The van der Waals surface area contributed by atoms with E-state index in [-0.39, 0.29) is 12.2 Å². The van der Waals surface area contributed by atoms with E-state index in [1.165, 1.54) is 0 Å². The second kappa shape index (κ2) is 6.24. The molecule has 0 fully saturated rings. The SMILES string of the molecule is C[Si](C)(C)OC1C=CC(OC(=O)Oc2ccccc2)C1. The van der Waals surface area contributed by atoms with Crippen LogP contribution in [0.4, 0.5) is 4.79 Å². The van der Waals surface area contributed by atoms with E-state index in [0.29, 0.717) is 12.2 Å². The van der Waals surface area contributed by atoms with Crippen molar-refractivity contribution >= 4 is 14.5 Å². The second-order valence-electron chi connectivity index (χ2n) is 5.71. The van der Waals surface area contributed by atoms with Gasteiger partial charge in [-0.05, 0) is 37.8 Å². The molecule has 0 heterocycles. The van der Waals surface area contributed by atoms with Gasteiger partial charge in [0.05, 0.1) is 6.10 Å². The molecule has 0 aromatic heterocycles. The Hall–Kier alpha value is -1.59. The lowest BCUT2D eigenvalue weighted by atomic mass is 10.3. The maximum atomic E-state index is 11.6. The van der Waals surface area contributed by atoms with Crippen molar-refractivity contribution in [2.75, 3.05) is 0 Å². The van der Waals surface area contributed by atoms with Gasteiger partial charge in [-0.3, -0.25) is 0 Å². The Morgan fingerprint density at radius 3 is 2.40 bits per heavy atom. The van der Waals surface area contributed by atoms with Crippen LogP contribution < -0.4 is 4.74 Å². The summed E-state index contributed by atoms with van der Waals surface area (Å²) in [7, 11) is -1.58. The average Bonchev–Trinajstić information content (AvgIpc) is 2.75. The third-order valence-corrected chi connectivity index (χ3v) is 3.71. The summed E-state index contributed by atoms with van der Waals surface area (Å²) in [6, 6.07) is 8.88. The molecule has 0 N–H and O–H groups in total. The third-order valence-electron chi connectivity index (χ3n) is 2.70. The van der Waals surface area contributed by atoms with Gasteiger partial charge in [-0.15, -0.1) is 0 Å². The molecule has 2 rings (SSSR count). The fourth-order valence-electron chi connectivity index (χ4n) is 2.00. The van der Waals surface area contributed by atoms with Gasteiger partial charge in [0.15, 0.2) is 8.32 Å². The molecule has 0 bridgehead atoms. The van der Waals surface area contributed by atoms with Crippen LogP contribution in [0, 0.1) is 0 Å². The van der Waals surface area contributed by atoms with Crippen LogP contribution in [0.3, 0.4) is 0 Å². The molecule has 0 aliphatic heterocycles. The van der Waals surface area contributed by atoms with E-state index in [1.54, 1.807) is 24.3 Å². The predicted octanol–water partition coefficient (Wildman–Crippen LogP) is 3.75. The summed E-state index contributed by atoms with van der Waals surface area (Å²) in [6.07, 6.45) is 3.56. The lowest BCUT2D eigenvalue weighted by Crippen LogP contribution is -2.31. The highest BCUT2D eigenvalue weighted by Crippen LogP contribution is 2.21. The molecule has 1 aromatic rings. The van der Waals surface area contributed by atoms with Crippen LogP contribution in [0.15, 0.2) is 42.5 Å². The molecule has 0 saturated carbocycles. The largest absolute Gasteiger partial charge is 0.514 e. The number of benzene rings is 1. The van der Waals surface area contributed by atoms with E-state index >= 15 is 0 Å². The number of carbonyl (C=O) groups excluding carboxylic acids is 1. The minimum absolute atomic E-state index is 0.0381. The van der Waals surface area contributed by atoms with Crippen LogP contribution in [-0.4, -0.2) is 26.7 Å². The molecule has 2 unspecified atom stereocenters. The lowest BCUT2D eigenvalue weighted by molar-refractivity contribution is 0.0665. The normalized spacial score (nSPS) is 21.8. The highest BCUT2D eigenvalue weighted by Gasteiger charge is 2.27. The summed E-state index contributed by atoms with van der Waals surface area (Å²) < 4.78 is 16.3. The van der Waals surface area contributed by atoms with E-state index < -0.39 is 14.5 Å². The molecule has 108 valence electrons. The van der Waals surface area contributed by atoms with Crippen LogP contribution in [0.5, 0.6) is 5.75 Å².